The Balaban J connectivity index is 2.13. The molecule has 4 rings (SSSR count). The van der Waals surface area contributed by atoms with E-state index in [-0.39, 0.29) is 18.5 Å². The number of hydrogen-bond acceptors (Lipinski definition) is 5. The van der Waals surface area contributed by atoms with Crippen LogP contribution < -0.4 is 0 Å². The zero-order valence-corrected chi connectivity index (χ0v) is 21.7. The molecule has 3 aliphatic rings. The quantitative estimate of drug-likeness (QED) is 0.206. The Morgan fingerprint density at radius 2 is 1.81 bits per heavy atom. The molecule has 1 aromatic carbocycles. The number of halogens is 1. The van der Waals surface area contributed by atoms with Crippen molar-refractivity contribution in [2.24, 2.45) is 0 Å². The van der Waals surface area contributed by atoms with Gasteiger partial charge in [0, 0.05) is 0 Å². The molecule has 3 heterocycles. The van der Waals surface area contributed by atoms with E-state index in [9.17, 15) is 9.59 Å². The molecule has 7 heteroatoms. The van der Waals surface area contributed by atoms with E-state index >= 15 is 0 Å². The topological polar surface area (TPSA) is 55.8 Å². The van der Waals surface area contributed by atoms with E-state index in [0.29, 0.717) is 24.5 Å². The molecule has 1 atom stereocenters. The van der Waals surface area contributed by atoms with Crippen LogP contribution >= 0.6 is 26.3 Å². The SMILES string of the molecule is CCOC(=O)C1=C2c3ccccc3C=CN2C2(C(=O)OCC)CC(C)=C(C)CP12(C)I. The van der Waals surface area contributed by atoms with Crippen LogP contribution in [0.5, 0.6) is 0 Å². The number of carbonyl (C=O) groups is 2. The van der Waals surface area contributed by atoms with Crippen molar-refractivity contribution in [3.05, 3.63) is 58.1 Å². The number of nitrogens with zero attached hydrogens (tertiary/aromatic N) is 1. The first-order valence-corrected chi connectivity index (χ1v) is 16.3. The zero-order valence-electron chi connectivity index (χ0n) is 18.7. The van der Waals surface area contributed by atoms with E-state index in [1.165, 1.54) is 11.1 Å². The summed E-state index contributed by atoms with van der Waals surface area (Å²) in [6.45, 7) is 10.6. The predicted molar refractivity (Wildman–Crippen MR) is 135 cm³/mol. The van der Waals surface area contributed by atoms with E-state index in [2.05, 4.69) is 47.5 Å². The van der Waals surface area contributed by atoms with Gasteiger partial charge in [-0.3, -0.25) is 0 Å². The van der Waals surface area contributed by atoms with Crippen molar-refractivity contribution in [2.75, 3.05) is 26.0 Å². The van der Waals surface area contributed by atoms with Crippen LogP contribution in [0.25, 0.3) is 11.8 Å². The van der Waals surface area contributed by atoms with E-state index in [4.69, 9.17) is 9.47 Å². The third-order valence-electron chi connectivity index (χ3n) is 6.94. The van der Waals surface area contributed by atoms with Crippen molar-refractivity contribution < 1.29 is 19.1 Å². The first-order chi connectivity index (χ1) is 14.6. The number of carbonyl (C=O) groups excluding carboxylic acids is 2. The van der Waals surface area contributed by atoms with Gasteiger partial charge in [0.25, 0.3) is 0 Å². The van der Waals surface area contributed by atoms with Crippen LogP contribution in [0.15, 0.2) is 46.9 Å². The standard InChI is InChI=1S/C24H29INO4P/c1-6-29-22(27)21-20-19-11-9-8-10-18(19)12-13-26(20)24(23(28)30-7-2)14-16(3)17(4)15-31(21,24,5)25/h8-13H,6-7,14-15H2,1-5H3. The van der Waals surface area contributed by atoms with E-state index in [1.807, 2.05) is 50.4 Å². The summed E-state index contributed by atoms with van der Waals surface area (Å²) in [6.07, 6.45) is 5.22. The monoisotopic (exact) mass is 553 g/mol. The second-order valence-electron chi connectivity index (χ2n) is 8.77. The fourth-order valence-electron chi connectivity index (χ4n) is 5.41. The Labute approximate surface area is 197 Å². The molecule has 0 spiro atoms. The van der Waals surface area contributed by atoms with Crippen molar-refractivity contribution in [2.45, 2.75) is 39.4 Å². The van der Waals surface area contributed by atoms with Crippen LogP contribution in [0.4, 0.5) is 0 Å². The normalized spacial score (nSPS) is 26.4. The van der Waals surface area contributed by atoms with Crippen LogP contribution in [-0.4, -0.2) is 48.2 Å². The summed E-state index contributed by atoms with van der Waals surface area (Å²) in [5.74, 6) is -0.571. The van der Waals surface area contributed by atoms with Gasteiger partial charge < -0.3 is 0 Å². The second-order valence-corrected chi connectivity index (χ2v) is 21.4. The van der Waals surface area contributed by atoms with Crippen LogP contribution in [0, 0.1) is 0 Å². The van der Waals surface area contributed by atoms with Crippen LogP contribution in [-0.2, 0) is 19.1 Å². The number of benzene rings is 1. The summed E-state index contributed by atoms with van der Waals surface area (Å²) >= 11 is 2.49. The molecule has 0 N–H and O–H groups in total. The van der Waals surface area contributed by atoms with Crippen LogP contribution in [0.1, 0.15) is 45.2 Å². The van der Waals surface area contributed by atoms with Gasteiger partial charge in [-0.2, -0.15) is 0 Å². The molecule has 0 fully saturated rings. The van der Waals surface area contributed by atoms with Gasteiger partial charge in [0.15, 0.2) is 0 Å². The molecule has 0 bridgehead atoms. The van der Waals surface area contributed by atoms with Gasteiger partial charge in [-0.1, -0.05) is 0 Å². The average molecular weight is 553 g/mol. The van der Waals surface area contributed by atoms with Crippen molar-refractivity contribution in [3.63, 3.8) is 0 Å². The molecule has 0 saturated carbocycles. The fourth-order valence-corrected chi connectivity index (χ4v) is 15.4. The molecule has 0 aromatic heterocycles. The molecule has 0 radical (unpaired) electrons. The molecule has 3 aliphatic heterocycles. The van der Waals surface area contributed by atoms with Gasteiger partial charge in [0.2, 0.25) is 0 Å². The zero-order chi connectivity index (χ0) is 22.6. The Morgan fingerprint density at radius 1 is 1.13 bits per heavy atom. The van der Waals surface area contributed by atoms with E-state index < -0.39 is 9.53 Å². The molecule has 166 valence electrons. The van der Waals surface area contributed by atoms with Crippen molar-refractivity contribution in [1.82, 2.24) is 4.90 Å². The predicted octanol–water partition coefficient (Wildman–Crippen LogP) is 5.75. The molecule has 0 amide bonds. The Morgan fingerprint density at radius 3 is 2.48 bits per heavy atom. The average Bonchev–Trinajstić information content (AvgIpc) is 2.90. The van der Waals surface area contributed by atoms with Gasteiger partial charge in [0.05, 0.1) is 0 Å². The van der Waals surface area contributed by atoms with Gasteiger partial charge in [-0.15, -0.1) is 0 Å². The van der Waals surface area contributed by atoms with Crippen molar-refractivity contribution in [3.8, 4) is 0 Å². The number of ether oxygens (including phenoxy) is 2. The summed E-state index contributed by atoms with van der Waals surface area (Å²) in [5.41, 5.74) is 5.23. The number of esters is 2. The van der Waals surface area contributed by atoms with Crippen LogP contribution in [0.2, 0.25) is 0 Å². The third kappa shape index (κ3) is 2.83. The molecule has 1 aromatic rings. The molecule has 0 aliphatic carbocycles. The molecular weight excluding hydrogens is 524 g/mol. The first kappa shape index (κ1) is 22.5. The number of allylic oxidation sites excluding steroid dienone is 1. The fraction of sp³-hybridized carbons (Fsp3) is 0.417. The minimum absolute atomic E-state index is 0.253. The summed E-state index contributed by atoms with van der Waals surface area (Å²) < 4.78 is 8.08. The van der Waals surface area contributed by atoms with Crippen molar-refractivity contribution in [1.29, 1.82) is 0 Å². The van der Waals surface area contributed by atoms with Gasteiger partial charge in [-0.05, 0) is 0 Å². The number of hydrogen-bond donors (Lipinski definition) is 0. The molecule has 0 saturated heterocycles. The van der Waals surface area contributed by atoms with E-state index in [1.54, 1.807) is 0 Å². The Bertz CT molecular complexity index is 1090. The third-order valence-corrected chi connectivity index (χ3v) is 17.1. The van der Waals surface area contributed by atoms with Crippen molar-refractivity contribution >= 4 is 50.0 Å². The summed E-state index contributed by atoms with van der Waals surface area (Å²) in [7, 11) is 0. The number of fused-ring (bicyclic) bond motifs is 5. The Kier molecular flexibility index (Phi) is 5.41. The summed E-state index contributed by atoms with van der Waals surface area (Å²) in [4.78, 5) is 29.6. The minimum atomic E-state index is -3.28. The van der Waals surface area contributed by atoms with Gasteiger partial charge in [-0.25, -0.2) is 0 Å². The van der Waals surface area contributed by atoms with Crippen LogP contribution in [0.3, 0.4) is 0 Å². The number of rotatable bonds is 4. The molecular formula is C24H29INO4P. The van der Waals surface area contributed by atoms with Gasteiger partial charge in [0.1, 0.15) is 0 Å². The first-order valence-electron chi connectivity index (χ1n) is 10.7. The second kappa shape index (κ2) is 7.45. The molecule has 31 heavy (non-hydrogen) atoms. The Hall–Kier alpha value is -1.66. The summed E-state index contributed by atoms with van der Waals surface area (Å²) in [6, 6.07) is 8.03. The maximum absolute atomic E-state index is 13.9. The van der Waals surface area contributed by atoms with E-state index in [0.717, 1.165) is 16.8 Å². The van der Waals surface area contributed by atoms with Gasteiger partial charge >= 0.3 is 197 Å². The summed E-state index contributed by atoms with van der Waals surface area (Å²) in [5, 5.41) is -0.294. The molecule has 5 nitrogen and oxygen atoms in total. The molecule has 1 unspecified atom stereocenters. The maximum atomic E-state index is 13.9.